The third-order valence-corrected chi connectivity index (χ3v) is 6.75. The number of nitrogens with zero attached hydrogens (tertiary/aromatic N) is 1. The highest BCUT2D eigenvalue weighted by Crippen LogP contribution is 2.43. The van der Waals surface area contributed by atoms with Crippen LogP contribution in [0.1, 0.15) is 63.1 Å². The van der Waals surface area contributed by atoms with Gasteiger partial charge >= 0.3 is 0 Å². The van der Waals surface area contributed by atoms with Crippen LogP contribution >= 0.6 is 0 Å². The van der Waals surface area contributed by atoms with E-state index in [4.69, 9.17) is 15.2 Å². The van der Waals surface area contributed by atoms with Crippen LogP contribution in [0.3, 0.4) is 0 Å². The highest BCUT2D eigenvalue weighted by atomic mass is 16.5. The summed E-state index contributed by atoms with van der Waals surface area (Å²) in [6.07, 6.45) is 5.31. The van der Waals surface area contributed by atoms with Crippen LogP contribution in [-0.4, -0.2) is 44.0 Å². The van der Waals surface area contributed by atoms with Crippen molar-refractivity contribution >= 4 is 5.78 Å². The SMILES string of the molecule is CC[C@H](C)CC(=O)CC[C@H]1CN2CCc3cc(OC)c(OC)cc3[C@@H]2C[C@@H]1N. The van der Waals surface area contributed by atoms with Crippen LogP contribution in [0.25, 0.3) is 0 Å². The Labute approximate surface area is 169 Å². The second kappa shape index (κ2) is 9.27. The van der Waals surface area contributed by atoms with Crippen LogP contribution < -0.4 is 15.2 Å². The van der Waals surface area contributed by atoms with Gasteiger partial charge < -0.3 is 15.2 Å². The minimum atomic E-state index is 0.136. The number of Topliss-reactive ketones (excluding diaryl/α,β-unsaturated/α-hetero) is 1. The molecule has 0 aliphatic carbocycles. The van der Waals surface area contributed by atoms with E-state index < -0.39 is 0 Å². The van der Waals surface area contributed by atoms with Gasteiger partial charge in [-0.2, -0.15) is 0 Å². The van der Waals surface area contributed by atoms with Crippen LogP contribution in [0, 0.1) is 11.8 Å². The Balaban J connectivity index is 1.66. The van der Waals surface area contributed by atoms with Gasteiger partial charge in [0.1, 0.15) is 5.78 Å². The van der Waals surface area contributed by atoms with Crippen molar-refractivity contribution in [1.82, 2.24) is 4.90 Å². The van der Waals surface area contributed by atoms with Gasteiger partial charge in [0, 0.05) is 38.0 Å². The van der Waals surface area contributed by atoms with Gasteiger partial charge in [0.05, 0.1) is 14.2 Å². The first kappa shape index (κ1) is 21.1. The maximum Gasteiger partial charge on any atom is 0.161 e. The maximum absolute atomic E-state index is 12.3. The second-order valence-corrected chi connectivity index (χ2v) is 8.62. The lowest BCUT2D eigenvalue weighted by Crippen LogP contribution is -2.51. The topological polar surface area (TPSA) is 64.8 Å². The molecule has 0 radical (unpaired) electrons. The fraction of sp³-hybridized carbons (Fsp3) is 0.696. The third-order valence-electron chi connectivity index (χ3n) is 6.75. The van der Waals surface area contributed by atoms with Crippen LogP contribution in [-0.2, 0) is 11.2 Å². The number of ether oxygens (including phenoxy) is 2. The molecule has 1 aromatic carbocycles. The summed E-state index contributed by atoms with van der Waals surface area (Å²) in [6.45, 7) is 6.32. The zero-order chi connectivity index (χ0) is 20.3. The Morgan fingerprint density at radius 1 is 1.29 bits per heavy atom. The summed E-state index contributed by atoms with van der Waals surface area (Å²) in [5.74, 6) is 2.87. The lowest BCUT2D eigenvalue weighted by Gasteiger charge is -2.46. The van der Waals surface area contributed by atoms with Gasteiger partial charge in [0.2, 0.25) is 0 Å². The number of nitrogens with two attached hydrogens (primary N) is 1. The fourth-order valence-electron chi connectivity index (χ4n) is 4.75. The van der Waals surface area contributed by atoms with Crippen LogP contribution in [0.15, 0.2) is 12.1 Å². The van der Waals surface area contributed by atoms with E-state index in [0.717, 1.165) is 50.3 Å². The lowest BCUT2D eigenvalue weighted by molar-refractivity contribution is -0.120. The van der Waals surface area contributed by atoms with Crippen LogP contribution in [0.4, 0.5) is 0 Å². The van der Waals surface area contributed by atoms with E-state index in [0.29, 0.717) is 36.5 Å². The molecule has 0 aromatic heterocycles. The largest absolute Gasteiger partial charge is 0.493 e. The Kier molecular flexibility index (Phi) is 7.00. The zero-order valence-corrected chi connectivity index (χ0v) is 17.9. The molecule has 4 atom stereocenters. The Bertz CT molecular complexity index is 691. The van der Waals surface area contributed by atoms with Gasteiger partial charge in [-0.1, -0.05) is 20.3 Å². The van der Waals surface area contributed by atoms with Gasteiger partial charge in [-0.05, 0) is 54.4 Å². The van der Waals surface area contributed by atoms with E-state index in [1.165, 1.54) is 11.1 Å². The first-order valence-corrected chi connectivity index (χ1v) is 10.7. The Morgan fingerprint density at radius 2 is 2.00 bits per heavy atom. The monoisotopic (exact) mass is 388 g/mol. The van der Waals surface area contributed by atoms with Gasteiger partial charge in [-0.15, -0.1) is 0 Å². The fourth-order valence-corrected chi connectivity index (χ4v) is 4.75. The molecule has 0 spiro atoms. The van der Waals surface area contributed by atoms with Crippen molar-refractivity contribution in [1.29, 1.82) is 0 Å². The standard InChI is InChI=1S/C23H36N2O3/c1-5-15(2)10-18(26)7-6-17-14-25-9-8-16-11-22(27-3)23(28-4)12-19(16)21(25)13-20(17)24/h11-12,15,17,20-21H,5-10,13-14,24H2,1-4H3/t15-,17-,20-,21-/m0/s1. The number of methoxy groups -OCH3 is 2. The van der Waals surface area contributed by atoms with E-state index >= 15 is 0 Å². The molecule has 28 heavy (non-hydrogen) atoms. The van der Waals surface area contributed by atoms with Crippen molar-refractivity contribution in [2.45, 2.75) is 64.5 Å². The number of benzene rings is 1. The smallest absolute Gasteiger partial charge is 0.161 e. The van der Waals surface area contributed by atoms with Crippen molar-refractivity contribution in [3.8, 4) is 11.5 Å². The molecule has 5 heteroatoms. The second-order valence-electron chi connectivity index (χ2n) is 8.62. The molecule has 156 valence electrons. The molecule has 2 heterocycles. The van der Waals surface area contributed by atoms with Crippen molar-refractivity contribution in [3.05, 3.63) is 23.3 Å². The molecular weight excluding hydrogens is 352 g/mol. The number of fused-ring (bicyclic) bond motifs is 3. The zero-order valence-electron chi connectivity index (χ0n) is 17.9. The molecule has 0 unspecified atom stereocenters. The number of carbonyl (C=O) groups is 1. The van der Waals surface area contributed by atoms with Crippen molar-refractivity contribution < 1.29 is 14.3 Å². The molecule has 2 aliphatic rings. The summed E-state index contributed by atoms with van der Waals surface area (Å²) in [7, 11) is 3.37. The molecule has 5 nitrogen and oxygen atoms in total. The Morgan fingerprint density at radius 3 is 2.68 bits per heavy atom. The molecular formula is C23H36N2O3. The van der Waals surface area contributed by atoms with E-state index in [1.54, 1.807) is 14.2 Å². The molecule has 0 amide bonds. The number of rotatable bonds is 8. The first-order valence-electron chi connectivity index (χ1n) is 10.7. The molecule has 1 aromatic rings. The first-order chi connectivity index (χ1) is 13.5. The molecule has 3 rings (SSSR count). The summed E-state index contributed by atoms with van der Waals surface area (Å²) >= 11 is 0. The van der Waals surface area contributed by atoms with E-state index in [1.807, 2.05) is 0 Å². The lowest BCUT2D eigenvalue weighted by atomic mass is 9.79. The molecule has 1 saturated heterocycles. The predicted molar refractivity (Wildman–Crippen MR) is 112 cm³/mol. The molecule has 2 N–H and O–H groups in total. The average Bonchev–Trinajstić information content (AvgIpc) is 2.70. The number of piperidine rings is 1. The number of hydrogen-bond acceptors (Lipinski definition) is 5. The van der Waals surface area contributed by atoms with Gasteiger partial charge in [0.25, 0.3) is 0 Å². The number of carbonyl (C=O) groups excluding carboxylic acids is 1. The summed E-state index contributed by atoms with van der Waals surface area (Å²) in [4.78, 5) is 14.8. The van der Waals surface area contributed by atoms with Crippen LogP contribution in [0.5, 0.6) is 11.5 Å². The summed E-state index contributed by atoms with van der Waals surface area (Å²) in [6, 6.07) is 4.73. The molecule has 2 aliphatic heterocycles. The van der Waals surface area contributed by atoms with E-state index in [9.17, 15) is 4.79 Å². The van der Waals surface area contributed by atoms with Crippen molar-refractivity contribution in [2.24, 2.45) is 17.6 Å². The third kappa shape index (κ3) is 4.52. The molecule has 1 fully saturated rings. The van der Waals surface area contributed by atoms with Gasteiger partial charge in [-0.25, -0.2) is 0 Å². The molecule has 0 bridgehead atoms. The summed E-state index contributed by atoms with van der Waals surface area (Å²) in [5, 5.41) is 0. The predicted octanol–water partition coefficient (Wildman–Crippen LogP) is 3.74. The highest BCUT2D eigenvalue weighted by Gasteiger charge is 2.38. The van der Waals surface area contributed by atoms with Crippen molar-refractivity contribution in [2.75, 3.05) is 27.3 Å². The van der Waals surface area contributed by atoms with Crippen molar-refractivity contribution in [3.63, 3.8) is 0 Å². The minimum absolute atomic E-state index is 0.136. The van der Waals surface area contributed by atoms with Gasteiger partial charge in [-0.3, -0.25) is 9.69 Å². The van der Waals surface area contributed by atoms with E-state index in [-0.39, 0.29) is 6.04 Å². The minimum Gasteiger partial charge on any atom is -0.493 e. The maximum atomic E-state index is 12.3. The van der Waals surface area contributed by atoms with E-state index in [2.05, 4.69) is 30.9 Å². The highest BCUT2D eigenvalue weighted by molar-refractivity contribution is 5.78. The summed E-state index contributed by atoms with van der Waals surface area (Å²) in [5.41, 5.74) is 9.26. The van der Waals surface area contributed by atoms with Gasteiger partial charge in [0.15, 0.2) is 11.5 Å². The average molecular weight is 389 g/mol. The summed E-state index contributed by atoms with van der Waals surface area (Å²) < 4.78 is 11.0. The quantitative estimate of drug-likeness (QED) is 0.735. The van der Waals surface area contributed by atoms with Crippen LogP contribution in [0.2, 0.25) is 0 Å². The molecule has 0 saturated carbocycles. The number of hydrogen-bond donors (Lipinski definition) is 1. The normalized spacial score (nSPS) is 25.5. The number of ketones is 1. The Hall–Kier alpha value is -1.59.